The minimum absolute atomic E-state index is 0.290. The fraction of sp³-hybridized carbons (Fsp3) is 0.818. The first-order chi connectivity index (χ1) is 7.49. The van der Waals surface area contributed by atoms with E-state index < -0.39 is 18.0 Å². The molecule has 0 heterocycles. The first kappa shape index (κ1) is 12.8. The summed E-state index contributed by atoms with van der Waals surface area (Å²) < 4.78 is 0. The van der Waals surface area contributed by atoms with Gasteiger partial charge in [0, 0.05) is 6.54 Å². The molecule has 92 valence electrons. The summed E-state index contributed by atoms with van der Waals surface area (Å²) in [5.74, 6) is -1.02. The second-order valence-corrected chi connectivity index (χ2v) is 4.64. The van der Waals surface area contributed by atoms with Gasteiger partial charge in [0.25, 0.3) is 0 Å². The third-order valence-corrected chi connectivity index (χ3v) is 3.08. The molecule has 0 saturated heterocycles. The average molecular weight is 228 g/mol. The van der Waals surface area contributed by atoms with Crippen molar-refractivity contribution < 1.29 is 14.7 Å². The average Bonchev–Trinajstić information content (AvgIpc) is 2.96. The van der Waals surface area contributed by atoms with Crippen molar-refractivity contribution in [1.82, 2.24) is 10.6 Å². The van der Waals surface area contributed by atoms with Gasteiger partial charge in [-0.15, -0.1) is 0 Å². The number of urea groups is 1. The molecular weight excluding hydrogens is 208 g/mol. The highest BCUT2D eigenvalue weighted by Gasteiger charge is 2.41. The lowest BCUT2D eigenvalue weighted by Gasteiger charge is -2.16. The molecule has 0 radical (unpaired) electrons. The standard InChI is InChI=1S/C11H20N2O3/c1-3-4-11(5-6-11)7-12-10(16)13-8(2)9(14)15/h8H,3-7H2,1-2H3,(H,14,15)(H2,12,13,16). The van der Waals surface area contributed by atoms with E-state index in [2.05, 4.69) is 17.6 Å². The van der Waals surface area contributed by atoms with E-state index in [1.807, 2.05) is 0 Å². The Kier molecular flexibility index (Phi) is 4.15. The molecule has 0 aromatic heterocycles. The predicted octanol–water partition coefficient (Wildman–Crippen LogP) is 1.34. The summed E-state index contributed by atoms with van der Waals surface area (Å²) in [6, 6.07) is -1.24. The van der Waals surface area contributed by atoms with Crippen molar-refractivity contribution in [2.24, 2.45) is 5.41 Å². The second-order valence-electron chi connectivity index (χ2n) is 4.64. The van der Waals surface area contributed by atoms with Crippen molar-refractivity contribution >= 4 is 12.0 Å². The molecule has 16 heavy (non-hydrogen) atoms. The maximum absolute atomic E-state index is 11.4. The number of rotatable bonds is 6. The highest BCUT2D eigenvalue weighted by molar-refractivity contribution is 5.82. The highest BCUT2D eigenvalue weighted by atomic mass is 16.4. The molecule has 3 N–H and O–H groups in total. The minimum Gasteiger partial charge on any atom is -0.480 e. The molecule has 1 rings (SSSR count). The number of amides is 2. The van der Waals surface area contributed by atoms with Crippen LogP contribution in [0.25, 0.3) is 0 Å². The zero-order chi connectivity index (χ0) is 12.2. The van der Waals surface area contributed by atoms with Crippen LogP contribution in [0.4, 0.5) is 4.79 Å². The SMILES string of the molecule is CCCC1(CNC(=O)NC(C)C(=O)O)CC1. The molecule has 1 unspecified atom stereocenters. The Morgan fingerprint density at radius 2 is 2.06 bits per heavy atom. The van der Waals surface area contributed by atoms with Crippen molar-refractivity contribution in [3.8, 4) is 0 Å². The van der Waals surface area contributed by atoms with Crippen molar-refractivity contribution in [1.29, 1.82) is 0 Å². The molecule has 5 nitrogen and oxygen atoms in total. The van der Waals surface area contributed by atoms with Crippen LogP contribution >= 0.6 is 0 Å². The number of aliphatic carboxylic acids is 1. The molecule has 0 spiro atoms. The van der Waals surface area contributed by atoms with Gasteiger partial charge < -0.3 is 15.7 Å². The van der Waals surface area contributed by atoms with Crippen LogP contribution in [0.3, 0.4) is 0 Å². The molecule has 0 bridgehead atoms. The van der Waals surface area contributed by atoms with Gasteiger partial charge in [0.05, 0.1) is 0 Å². The number of hydrogen-bond donors (Lipinski definition) is 3. The fourth-order valence-electron chi connectivity index (χ4n) is 1.80. The Labute approximate surface area is 95.6 Å². The lowest BCUT2D eigenvalue weighted by Crippen LogP contribution is -2.45. The molecule has 1 atom stereocenters. The van der Waals surface area contributed by atoms with Crippen LogP contribution in [0, 0.1) is 5.41 Å². The van der Waals surface area contributed by atoms with Crippen LogP contribution in [0.15, 0.2) is 0 Å². The molecule has 2 amide bonds. The predicted molar refractivity (Wildman–Crippen MR) is 60.2 cm³/mol. The molecule has 1 aliphatic carbocycles. The van der Waals surface area contributed by atoms with Crippen molar-refractivity contribution in [2.75, 3.05) is 6.54 Å². The Hall–Kier alpha value is -1.26. The Morgan fingerprint density at radius 1 is 1.44 bits per heavy atom. The molecule has 0 aromatic rings. The lowest BCUT2D eigenvalue weighted by atomic mass is 10.0. The Balaban J connectivity index is 2.23. The van der Waals surface area contributed by atoms with Crippen molar-refractivity contribution in [3.05, 3.63) is 0 Å². The van der Waals surface area contributed by atoms with Crippen molar-refractivity contribution in [2.45, 2.75) is 45.6 Å². The lowest BCUT2D eigenvalue weighted by molar-refractivity contribution is -0.138. The number of hydrogen-bond acceptors (Lipinski definition) is 2. The summed E-state index contributed by atoms with van der Waals surface area (Å²) in [4.78, 5) is 21.9. The zero-order valence-electron chi connectivity index (χ0n) is 9.88. The summed E-state index contributed by atoms with van der Waals surface area (Å²) >= 11 is 0. The highest BCUT2D eigenvalue weighted by Crippen LogP contribution is 2.48. The maximum Gasteiger partial charge on any atom is 0.325 e. The van der Waals surface area contributed by atoms with E-state index in [9.17, 15) is 9.59 Å². The first-order valence-electron chi connectivity index (χ1n) is 5.76. The van der Waals surface area contributed by atoms with E-state index in [1.54, 1.807) is 0 Å². The summed E-state index contributed by atoms with van der Waals surface area (Å²) in [5.41, 5.74) is 0.290. The van der Waals surface area contributed by atoms with Gasteiger partial charge in [0.1, 0.15) is 6.04 Å². The monoisotopic (exact) mass is 228 g/mol. The molecule has 0 aliphatic heterocycles. The van der Waals surface area contributed by atoms with Gasteiger partial charge >= 0.3 is 12.0 Å². The summed E-state index contributed by atoms with van der Waals surface area (Å²) in [6.45, 7) is 4.23. The number of nitrogens with one attached hydrogen (secondary N) is 2. The van der Waals surface area contributed by atoms with Crippen LogP contribution < -0.4 is 10.6 Å². The third kappa shape index (κ3) is 3.72. The van der Waals surface area contributed by atoms with Gasteiger partial charge in [0.2, 0.25) is 0 Å². The largest absolute Gasteiger partial charge is 0.480 e. The summed E-state index contributed by atoms with van der Waals surface area (Å²) in [6.07, 6.45) is 4.57. The topological polar surface area (TPSA) is 78.4 Å². The molecule has 1 aliphatic rings. The quantitative estimate of drug-likeness (QED) is 0.642. The van der Waals surface area contributed by atoms with E-state index in [4.69, 9.17) is 5.11 Å². The normalized spacial score (nSPS) is 18.6. The van der Waals surface area contributed by atoms with Gasteiger partial charge in [-0.25, -0.2) is 4.79 Å². The Morgan fingerprint density at radius 3 is 2.50 bits per heavy atom. The number of carbonyl (C=O) groups excluding carboxylic acids is 1. The molecule has 0 aromatic carbocycles. The summed E-state index contributed by atoms with van der Waals surface area (Å²) in [7, 11) is 0. The molecular formula is C11H20N2O3. The minimum atomic E-state index is -1.02. The van der Waals surface area contributed by atoms with E-state index >= 15 is 0 Å². The van der Waals surface area contributed by atoms with Crippen LogP contribution in [-0.4, -0.2) is 29.7 Å². The van der Waals surface area contributed by atoms with Crippen LogP contribution in [-0.2, 0) is 4.79 Å². The number of carbonyl (C=O) groups is 2. The van der Waals surface area contributed by atoms with Gasteiger partial charge in [-0.3, -0.25) is 4.79 Å². The van der Waals surface area contributed by atoms with Gasteiger partial charge in [-0.1, -0.05) is 13.3 Å². The van der Waals surface area contributed by atoms with Crippen LogP contribution in [0.1, 0.15) is 39.5 Å². The third-order valence-electron chi connectivity index (χ3n) is 3.08. The number of carboxylic acids is 1. The molecule has 1 saturated carbocycles. The smallest absolute Gasteiger partial charge is 0.325 e. The second kappa shape index (κ2) is 5.18. The fourth-order valence-corrected chi connectivity index (χ4v) is 1.80. The van der Waals surface area contributed by atoms with Gasteiger partial charge in [0.15, 0.2) is 0 Å². The van der Waals surface area contributed by atoms with E-state index in [0.29, 0.717) is 12.0 Å². The zero-order valence-corrected chi connectivity index (χ0v) is 9.88. The van der Waals surface area contributed by atoms with Gasteiger partial charge in [-0.05, 0) is 31.6 Å². The van der Waals surface area contributed by atoms with E-state index in [0.717, 1.165) is 25.7 Å². The summed E-state index contributed by atoms with van der Waals surface area (Å²) in [5, 5.41) is 13.7. The van der Waals surface area contributed by atoms with E-state index in [-0.39, 0.29) is 0 Å². The van der Waals surface area contributed by atoms with E-state index in [1.165, 1.54) is 6.92 Å². The maximum atomic E-state index is 11.4. The molecule has 5 heteroatoms. The van der Waals surface area contributed by atoms with Gasteiger partial charge in [-0.2, -0.15) is 0 Å². The van der Waals surface area contributed by atoms with Crippen molar-refractivity contribution in [3.63, 3.8) is 0 Å². The number of carboxylic acid groups (broad SMARTS) is 1. The molecule has 1 fully saturated rings. The Bertz CT molecular complexity index is 274. The van der Waals surface area contributed by atoms with Crippen LogP contribution in [0.5, 0.6) is 0 Å². The first-order valence-corrected chi connectivity index (χ1v) is 5.76. The van der Waals surface area contributed by atoms with Crippen LogP contribution in [0.2, 0.25) is 0 Å².